The fourth-order valence-electron chi connectivity index (χ4n) is 2.92. The molecule has 0 saturated heterocycles. The van der Waals surface area contributed by atoms with Crippen LogP contribution in [0.4, 0.5) is 5.13 Å². The number of rotatable bonds is 3. The molecule has 0 spiro atoms. The third-order valence-electron chi connectivity index (χ3n) is 4.07. The van der Waals surface area contributed by atoms with E-state index in [1.54, 1.807) is 11.3 Å². The van der Waals surface area contributed by atoms with Gasteiger partial charge in [0.15, 0.2) is 5.13 Å². The molecular formula is C17H21N3OS. The van der Waals surface area contributed by atoms with Crippen LogP contribution in [0.3, 0.4) is 0 Å². The average Bonchev–Trinajstić information content (AvgIpc) is 2.88. The third kappa shape index (κ3) is 2.73. The Bertz CT molecular complexity index is 693. The van der Waals surface area contributed by atoms with Crippen molar-refractivity contribution in [3.63, 3.8) is 0 Å². The topological polar surface area (TPSA) is 45.2 Å². The van der Waals surface area contributed by atoms with E-state index < -0.39 is 0 Å². The Morgan fingerprint density at radius 2 is 2.14 bits per heavy atom. The highest BCUT2D eigenvalue weighted by Crippen LogP contribution is 2.39. The SMILES string of the molecule is CCc1ccccc1[C@H]1CC(=O)NCc2nc(N(C)C)sc21. The average molecular weight is 315 g/mol. The van der Waals surface area contributed by atoms with Gasteiger partial charge in [-0.25, -0.2) is 4.98 Å². The molecular weight excluding hydrogens is 294 g/mol. The van der Waals surface area contributed by atoms with Gasteiger partial charge in [-0.3, -0.25) is 4.79 Å². The second-order valence-corrected chi connectivity index (χ2v) is 6.80. The van der Waals surface area contributed by atoms with Crippen molar-refractivity contribution in [2.45, 2.75) is 32.2 Å². The number of amides is 1. The molecule has 116 valence electrons. The van der Waals surface area contributed by atoms with Gasteiger partial charge < -0.3 is 10.2 Å². The van der Waals surface area contributed by atoms with E-state index in [1.165, 1.54) is 16.0 Å². The molecule has 1 N–H and O–H groups in total. The maximum absolute atomic E-state index is 12.1. The molecule has 2 aromatic rings. The fraction of sp³-hybridized carbons (Fsp3) is 0.412. The van der Waals surface area contributed by atoms with E-state index in [9.17, 15) is 4.79 Å². The number of hydrogen-bond donors (Lipinski definition) is 1. The number of carbonyl (C=O) groups is 1. The first kappa shape index (κ1) is 15.0. The van der Waals surface area contributed by atoms with Crippen molar-refractivity contribution in [2.24, 2.45) is 0 Å². The molecule has 3 rings (SSSR count). The molecule has 1 aliphatic heterocycles. The molecule has 0 radical (unpaired) electrons. The summed E-state index contributed by atoms with van der Waals surface area (Å²) in [6.07, 6.45) is 1.47. The van der Waals surface area contributed by atoms with Crippen molar-refractivity contribution >= 4 is 22.4 Å². The summed E-state index contributed by atoms with van der Waals surface area (Å²) >= 11 is 1.70. The zero-order valence-electron chi connectivity index (χ0n) is 13.2. The van der Waals surface area contributed by atoms with Crippen LogP contribution in [-0.2, 0) is 17.8 Å². The lowest BCUT2D eigenvalue weighted by molar-refractivity contribution is -0.121. The zero-order valence-corrected chi connectivity index (χ0v) is 14.0. The van der Waals surface area contributed by atoms with Crippen molar-refractivity contribution in [2.75, 3.05) is 19.0 Å². The fourth-order valence-corrected chi connectivity index (χ4v) is 4.04. The molecule has 4 nitrogen and oxygen atoms in total. The van der Waals surface area contributed by atoms with Crippen LogP contribution in [0.5, 0.6) is 0 Å². The van der Waals surface area contributed by atoms with Crippen LogP contribution in [0.25, 0.3) is 0 Å². The van der Waals surface area contributed by atoms with Crippen LogP contribution in [-0.4, -0.2) is 25.0 Å². The van der Waals surface area contributed by atoms with Gasteiger partial charge in [0.05, 0.1) is 12.2 Å². The summed E-state index contributed by atoms with van der Waals surface area (Å²) < 4.78 is 0. The van der Waals surface area contributed by atoms with Crippen molar-refractivity contribution in [1.29, 1.82) is 0 Å². The predicted molar refractivity (Wildman–Crippen MR) is 90.6 cm³/mol. The summed E-state index contributed by atoms with van der Waals surface area (Å²) in [5.41, 5.74) is 3.58. The lowest BCUT2D eigenvalue weighted by atomic mass is 9.89. The third-order valence-corrected chi connectivity index (χ3v) is 5.45. The number of carbonyl (C=O) groups excluding carboxylic acids is 1. The second-order valence-electron chi connectivity index (χ2n) is 5.79. The summed E-state index contributed by atoms with van der Waals surface area (Å²) in [7, 11) is 4.01. The molecule has 0 saturated carbocycles. The van der Waals surface area contributed by atoms with E-state index in [1.807, 2.05) is 19.0 Å². The number of aromatic nitrogens is 1. The normalized spacial score (nSPS) is 17.6. The Labute approximate surface area is 135 Å². The Kier molecular flexibility index (Phi) is 4.16. The van der Waals surface area contributed by atoms with Crippen LogP contribution < -0.4 is 10.2 Å². The lowest BCUT2D eigenvalue weighted by Gasteiger charge is -2.17. The minimum Gasteiger partial charge on any atom is -0.354 e. The number of nitrogens with one attached hydrogen (secondary N) is 1. The molecule has 0 aliphatic carbocycles. The van der Waals surface area contributed by atoms with Crippen LogP contribution in [0.1, 0.15) is 41.0 Å². The van der Waals surface area contributed by atoms with Crippen molar-refractivity contribution in [1.82, 2.24) is 10.3 Å². The maximum Gasteiger partial charge on any atom is 0.221 e. The van der Waals surface area contributed by atoms with Gasteiger partial charge in [-0.15, -0.1) is 11.3 Å². The number of anilines is 1. The van der Waals surface area contributed by atoms with E-state index in [4.69, 9.17) is 4.98 Å². The molecule has 5 heteroatoms. The number of hydrogen-bond acceptors (Lipinski definition) is 4. The van der Waals surface area contributed by atoms with Crippen LogP contribution >= 0.6 is 11.3 Å². The zero-order chi connectivity index (χ0) is 15.7. The Morgan fingerprint density at radius 3 is 2.86 bits per heavy atom. The van der Waals surface area contributed by atoms with Crippen LogP contribution in [0, 0.1) is 0 Å². The summed E-state index contributed by atoms with van der Waals surface area (Å²) in [5, 5.41) is 3.98. The second kappa shape index (κ2) is 6.08. The van der Waals surface area contributed by atoms with Crippen molar-refractivity contribution < 1.29 is 4.79 Å². The molecule has 0 fully saturated rings. The van der Waals surface area contributed by atoms with E-state index in [0.29, 0.717) is 13.0 Å². The van der Waals surface area contributed by atoms with Crippen molar-refractivity contribution in [3.8, 4) is 0 Å². The van der Waals surface area contributed by atoms with E-state index in [2.05, 4.69) is 36.5 Å². The quantitative estimate of drug-likeness (QED) is 0.947. The molecule has 1 atom stereocenters. The highest BCUT2D eigenvalue weighted by molar-refractivity contribution is 7.15. The molecule has 1 aliphatic rings. The van der Waals surface area contributed by atoms with Gasteiger partial charge in [-0.05, 0) is 17.5 Å². The first-order valence-electron chi connectivity index (χ1n) is 7.61. The highest BCUT2D eigenvalue weighted by Gasteiger charge is 2.29. The molecule has 1 amide bonds. The van der Waals surface area contributed by atoms with Gasteiger partial charge in [0, 0.05) is 31.3 Å². The van der Waals surface area contributed by atoms with Gasteiger partial charge >= 0.3 is 0 Å². The first-order chi connectivity index (χ1) is 10.6. The number of fused-ring (bicyclic) bond motifs is 1. The minimum atomic E-state index is 0.104. The smallest absolute Gasteiger partial charge is 0.221 e. The predicted octanol–water partition coefficient (Wildman–Crippen LogP) is 2.92. The van der Waals surface area contributed by atoms with Gasteiger partial charge in [-0.1, -0.05) is 31.2 Å². The minimum absolute atomic E-state index is 0.104. The van der Waals surface area contributed by atoms with E-state index in [0.717, 1.165) is 17.2 Å². The summed E-state index contributed by atoms with van der Waals surface area (Å²) in [6.45, 7) is 2.69. The summed E-state index contributed by atoms with van der Waals surface area (Å²) in [4.78, 5) is 20.1. The maximum atomic E-state index is 12.1. The number of nitrogens with zero attached hydrogens (tertiary/aromatic N) is 2. The lowest BCUT2D eigenvalue weighted by Crippen LogP contribution is -2.21. The largest absolute Gasteiger partial charge is 0.354 e. The number of thiazole rings is 1. The number of benzene rings is 1. The Morgan fingerprint density at radius 1 is 1.36 bits per heavy atom. The standard InChI is InChI=1S/C17H21N3OS/c1-4-11-7-5-6-8-12(11)13-9-15(21)18-10-14-16(13)22-17(19-14)20(2)3/h5-8,13H,4,9-10H2,1-3H3,(H,18,21)/t13-/m1/s1. The van der Waals surface area contributed by atoms with Gasteiger partial charge in [-0.2, -0.15) is 0 Å². The van der Waals surface area contributed by atoms with E-state index >= 15 is 0 Å². The summed E-state index contributed by atoms with van der Waals surface area (Å²) in [6, 6.07) is 8.44. The molecule has 0 unspecified atom stereocenters. The van der Waals surface area contributed by atoms with Gasteiger partial charge in [0.1, 0.15) is 0 Å². The Hall–Kier alpha value is -1.88. The molecule has 1 aromatic heterocycles. The van der Waals surface area contributed by atoms with Crippen LogP contribution in [0.2, 0.25) is 0 Å². The molecule has 1 aromatic carbocycles. The highest BCUT2D eigenvalue weighted by atomic mass is 32.1. The number of aryl methyl sites for hydroxylation is 1. The van der Waals surface area contributed by atoms with Crippen LogP contribution in [0.15, 0.2) is 24.3 Å². The molecule has 0 bridgehead atoms. The monoisotopic (exact) mass is 315 g/mol. The van der Waals surface area contributed by atoms with E-state index in [-0.39, 0.29) is 11.8 Å². The summed E-state index contributed by atoms with van der Waals surface area (Å²) in [5.74, 6) is 0.215. The molecule has 22 heavy (non-hydrogen) atoms. The van der Waals surface area contributed by atoms with Gasteiger partial charge in [0.2, 0.25) is 5.91 Å². The van der Waals surface area contributed by atoms with Gasteiger partial charge in [0.25, 0.3) is 0 Å². The Balaban J connectivity index is 2.11. The molecule has 2 heterocycles. The first-order valence-corrected chi connectivity index (χ1v) is 8.43. The van der Waals surface area contributed by atoms with Crippen molar-refractivity contribution in [3.05, 3.63) is 46.0 Å².